The number of carbonyl (C=O) groups excluding carboxylic acids is 1. The lowest BCUT2D eigenvalue weighted by Crippen LogP contribution is -2.45. The molecule has 110 valence electrons. The SMILES string of the molecule is CC1CCCC(O)(CNC(=O)c2ccc([N+](=O)[O-])s2)C1. The van der Waals surface area contributed by atoms with Crippen molar-refractivity contribution in [3.8, 4) is 0 Å². The highest BCUT2D eigenvalue weighted by molar-refractivity contribution is 7.17. The Hall–Kier alpha value is -1.47. The largest absolute Gasteiger partial charge is 0.388 e. The van der Waals surface area contributed by atoms with Crippen LogP contribution in [0.25, 0.3) is 0 Å². The van der Waals surface area contributed by atoms with Crippen molar-refractivity contribution in [2.75, 3.05) is 6.54 Å². The van der Waals surface area contributed by atoms with E-state index in [0.717, 1.165) is 24.2 Å². The van der Waals surface area contributed by atoms with Crippen molar-refractivity contribution < 1.29 is 14.8 Å². The predicted molar refractivity (Wildman–Crippen MR) is 75.9 cm³/mol. The summed E-state index contributed by atoms with van der Waals surface area (Å²) in [5.41, 5.74) is -0.851. The van der Waals surface area contributed by atoms with E-state index in [1.165, 1.54) is 12.1 Å². The molecule has 1 aliphatic carbocycles. The van der Waals surface area contributed by atoms with E-state index in [2.05, 4.69) is 12.2 Å². The molecule has 2 unspecified atom stereocenters. The molecule has 0 aliphatic heterocycles. The van der Waals surface area contributed by atoms with Crippen LogP contribution in [0.5, 0.6) is 0 Å². The van der Waals surface area contributed by atoms with E-state index in [4.69, 9.17) is 0 Å². The third-order valence-corrected chi connectivity index (χ3v) is 4.68. The van der Waals surface area contributed by atoms with Crippen molar-refractivity contribution in [2.24, 2.45) is 5.92 Å². The van der Waals surface area contributed by atoms with E-state index in [-0.39, 0.29) is 17.5 Å². The zero-order chi connectivity index (χ0) is 14.8. The fourth-order valence-electron chi connectivity index (χ4n) is 2.67. The molecule has 1 aromatic heterocycles. The quantitative estimate of drug-likeness (QED) is 0.659. The third kappa shape index (κ3) is 3.55. The van der Waals surface area contributed by atoms with E-state index in [0.29, 0.717) is 23.6 Å². The van der Waals surface area contributed by atoms with Gasteiger partial charge in [0.15, 0.2) is 0 Å². The monoisotopic (exact) mass is 298 g/mol. The van der Waals surface area contributed by atoms with Crippen molar-refractivity contribution in [1.29, 1.82) is 0 Å². The summed E-state index contributed by atoms with van der Waals surface area (Å²) in [4.78, 5) is 22.3. The Morgan fingerprint density at radius 1 is 1.65 bits per heavy atom. The van der Waals surface area contributed by atoms with Crippen LogP contribution in [0.1, 0.15) is 42.3 Å². The number of aliphatic hydroxyl groups is 1. The van der Waals surface area contributed by atoms with Gasteiger partial charge >= 0.3 is 5.00 Å². The molecule has 2 atom stereocenters. The van der Waals surface area contributed by atoms with Gasteiger partial charge in [0.1, 0.15) is 0 Å². The third-order valence-electron chi connectivity index (χ3n) is 3.64. The van der Waals surface area contributed by atoms with Crippen LogP contribution in [-0.4, -0.2) is 28.1 Å². The maximum absolute atomic E-state index is 11.9. The molecule has 7 heteroatoms. The van der Waals surface area contributed by atoms with Gasteiger partial charge in [0, 0.05) is 12.6 Å². The fourth-order valence-corrected chi connectivity index (χ4v) is 3.41. The molecule has 0 radical (unpaired) electrons. The van der Waals surface area contributed by atoms with Gasteiger partial charge in [-0.25, -0.2) is 0 Å². The van der Waals surface area contributed by atoms with Crippen molar-refractivity contribution in [3.63, 3.8) is 0 Å². The molecule has 1 heterocycles. The Morgan fingerprint density at radius 3 is 3.00 bits per heavy atom. The van der Waals surface area contributed by atoms with Crippen molar-refractivity contribution >= 4 is 22.2 Å². The molecule has 2 rings (SSSR count). The predicted octanol–water partition coefficient (Wildman–Crippen LogP) is 2.33. The Morgan fingerprint density at radius 2 is 2.40 bits per heavy atom. The first kappa shape index (κ1) is 14.9. The summed E-state index contributed by atoms with van der Waals surface area (Å²) in [6.07, 6.45) is 3.42. The number of rotatable bonds is 4. The summed E-state index contributed by atoms with van der Waals surface area (Å²) in [5, 5.41) is 23.6. The molecule has 1 fully saturated rings. The molecule has 1 amide bonds. The normalized spacial score (nSPS) is 26.2. The Bertz CT molecular complexity index is 516. The second-order valence-corrected chi connectivity index (χ2v) is 6.57. The maximum atomic E-state index is 11.9. The average molecular weight is 298 g/mol. The molecule has 1 aliphatic rings. The summed E-state index contributed by atoms with van der Waals surface area (Å²) < 4.78 is 0. The molecule has 20 heavy (non-hydrogen) atoms. The van der Waals surface area contributed by atoms with Crippen LogP contribution in [0.4, 0.5) is 5.00 Å². The van der Waals surface area contributed by atoms with Gasteiger partial charge in [-0.1, -0.05) is 31.1 Å². The standard InChI is InChI=1S/C13H18N2O4S/c1-9-3-2-6-13(17,7-9)8-14-12(16)10-4-5-11(20-10)15(18)19/h4-5,9,17H,2-3,6-8H2,1H3,(H,14,16). The number of thiophene rings is 1. The van der Waals surface area contributed by atoms with Gasteiger partial charge in [-0.2, -0.15) is 0 Å². The summed E-state index contributed by atoms with van der Waals surface area (Å²) in [6, 6.07) is 2.75. The van der Waals surface area contributed by atoms with Crippen molar-refractivity contribution in [1.82, 2.24) is 5.32 Å². The molecule has 6 nitrogen and oxygen atoms in total. The van der Waals surface area contributed by atoms with E-state index >= 15 is 0 Å². The smallest absolute Gasteiger partial charge is 0.324 e. The number of nitrogens with one attached hydrogen (secondary N) is 1. The van der Waals surface area contributed by atoms with Gasteiger partial charge in [0.25, 0.3) is 5.91 Å². The Balaban J connectivity index is 1.92. The van der Waals surface area contributed by atoms with Crippen LogP contribution in [-0.2, 0) is 0 Å². The summed E-state index contributed by atoms with van der Waals surface area (Å²) in [6.45, 7) is 2.29. The Kier molecular flexibility index (Phi) is 4.39. The minimum absolute atomic E-state index is 0.0554. The maximum Gasteiger partial charge on any atom is 0.324 e. The summed E-state index contributed by atoms with van der Waals surface area (Å²) in [7, 11) is 0. The second kappa shape index (κ2) is 5.88. The van der Waals surface area contributed by atoms with Gasteiger partial charge in [-0.05, 0) is 24.8 Å². The van der Waals surface area contributed by atoms with Gasteiger partial charge in [-0.3, -0.25) is 14.9 Å². The van der Waals surface area contributed by atoms with E-state index in [1.54, 1.807) is 0 Å². The molecular weight excluding hydrogens is 280 g/mol. The van der Waals surface area contributed by atoms with Crippen molar-refractivity contribution in [3.05, 3.63) is 27.1 Å². The molecule has 1 saturated carbocycles. The van der Waals surface area contributed by atoms with Crippen LogP contribution in [0, 0.1) is 16.0 Å². The first-order valence-corrected chi connectivity index (χ1v) is 7.46. The second-order valence-electron chi connectivity index (χ2n) is 5.50. The first-order chi connectivity index (χ1) is 9.39. The molecule has 2 N–H and O–H groups in total. The lowest BCUT2D eigenvalue weighted by atomic mass is 9.79. The first-order valence-electron chi connectivity index (χ1n) is 6.64. The van der Waals surface area contributed by atoms with E-state index < -0.39 is 10.5 Å². The van der Waals surface area contributed by atoms with E-state index in [1.807, 2.05) is 0 Å². The van der Waals surface area contributed by atoms with Gasteiger partial charge in [0.05, 0.1) is 15.4 Å². The minimum atomic E-state index is -0.851. The van der Waals surface area contributed by atoms with Crippen LogP contribution in [0.2, 0.25) is 0 Å². The van der Waals surface area contributed by atoms with Gasteiger partial charge in [0.2, 0.25) is 0 Å². The average Bonchev–Trinajstić information content (AvgIpc) is 2.85. The number of amides is 1. The zero-order valence-electron chi connectivity index (χ0n) is 11.3. The summed E-state index contributed by atoms with van der Waals surface area (Å²) >= 11 is 0.842. The number of hydrogen-bond donors (Lipinski definition) is 2. The summed E-state index contributed by atoms with van der Waals surface area (Å²) in [5.74, 6) is 0.0863. The van der Waals surface area contributed by atoms with Gasteiger partial charge < -0.3 is 10.4 Å². The van der Waals surface area contributed by atoms with Gasteiger partial charge in [-0.15, -0.1) is 0 Å². The van der Waals surface area contributed by atoms with Crippen LogP contribution < -0.4 is 5.32 Å². The lowest BCUT2D eigenvalue weighted by Gasteiger charge is -2.35. The van der Waals surface area contributed by atoms with Crippen LogP contribution >= 0.6 is 11.3 Å². The number of nitrogens with zero attached hydrogens (tertiary/aromatic N) is 1. The molecule has 0 bridgehead atoms. The topological polar surface area (TPSA) is 92.5 Å². The van der Waals surface area contributed by atoms with Crippen LogP contribution in [0.15, 0.2) is 12.1 Å². The molecule has 1 aromatic rings. The number of nitro groups is 1. The Labute approximate surface area is 121 Å². The molecule has 0 saturated heterocycles. The fraction of sp³-hybridized carbons (Fsp3) is 0.615. The molecule has 0 spiro atoms. The lowest BCUT2D eigenvalue weighted by molar-refractivity contribution is -0.380. The highest BCUT2D eigenvalue weighted by atomic mass is 32.1. The van der Waals surface area contributed by atoms with E-state index in [9.17, 15) is 20.0 Å². The number of hydrogen-bond acceptors (Lipinski definition) is 5. The minimum Gasteiger partial charge on any atom is -0.388 e. The number of carbonyl (C=O) groups is 1. The molecular formula is C13H18N2O4S. The zero-order valence-corrected chi connectivity index (χ0v) is 12.1. The highest BCUT2D eigenvalue weighted by Crippen LogP contribution is 2.32. The van der Waals surface area contributed by atoms with Crippen molar-refractivity contribution in [2.45, 2.75) is 38.2 Å². The van der Waals surface area contributed by atoms with Crippen LogP contribution in [0.3, 0.4) is 0 Å². The molecule has 0 aromatic carbocycles. The highest BCUT2D eigenvalue weighted by Gasteiger charge is 2.33.